The molecule has 1 N–H and O–H groups in total. The number of piperazine rings is 1. The summed E-state index contributed by atoms with van der Waals surface area (Å²) >= 11 is 0. The Labute approximate surface area is 163 Å². The zero-order valence-electron chi connectivity index (χ0n) is 15.9. The lowest BCUT2D eigenvalue weighted by molar-refractivity contribution is -0.137. The average Bonchev–Trinajstić information content (AvgIpc) is 2.71. The van der Waals surface area contributed by atoms with Crippen molar-refractivity contribution in [1.82, 2.24) is 20.0 Å². The minimum Gasteiger partial charge on any atom is -0.379 e. The number of amides is 2. The maximum absolute atomic E-state index is 12.8. The third-order valence-electron chi connectivity index (χ3n) is 5.19. The van der Waals surface area contributed by atoms with Gasteiger partial charge in [0.05, 0.1) is 18.8 Å². The third kappa shape index (κ3) is 6.08. The molecule has 2 aliphatic rings. The number of hydrogen-bond acceptors (Lipinski definition) is 4. The molecule has 0 spiro atoms. The molecule has 1 aromatic rings. The van der Waals surface area contributed by atoms with E-state index in [1.54, 1.807) is 11.0 Å². The summed E-state index contributed by atoms with van der Waals surface area (Å²) in [5, 5.41) is 2.72. The number of urea groups is 1. The van der Waals surface area contributed by atoms with E-state index in [4.69, 9.17) is 4.74 Å². The van der Waals surface area contributed by atoms with Crippen LogP contribution in [0.15, 0.2) is 24.3 Å². The standard InChI is InChI=1S/C19H27F3N4O2/c20-19(21,22)17-3-1-2-16(14-17)15-23-18(27)26-8-6-24(7-9-26)4-5-25-10-12-28-13-11-25/h1-3,14H,4-13,15H2,(H,23,27). The first-order valence-electron chi connectivity index (χ1n) is 9.63. The molecule has 0 saturated carbocycles. The van der Waals surface area contributed by atoms with E-state index in [1.807, 2.05) is 0 Å². The predicted molar refractivity (Wildman–Crippen MR) is 99.0 cm³/mol. The predicted octanol–water partition coefficient (Wildman–Crippen LogP) is 1.86. The van der Waals surface area contributed by atoms with Gasteiger partial charge in [0.2, 0.25) is 0 Å². The van der Waals surface area contributed by atoms with Crippen LogP contribution in [0.3, 0.4) is 0 Å². The molecular weight excluding hydrogens is 373 g/mol. The first-order valence-corrected chi connectivity index (χ1v) is 9.63. The molecule has 28 heavy (non-hydrogen) atoms. The number of nitrogens with zero attached hydrogens (tertiary/aromatic N) is 3. The lowest BCUT2D eigenvalue weighted by Crippen LogP contribution is -2.53. The van der Waals surface area contributed by atoms with E-state index in [2.05, 4.69) is 15.1 Å². The van der Waals surface area contributed by atoms with Crippen molar-refractivity contribution < 1.29 is 22.7 Å². The summed E-state index contributed by atoms with van der Waals surface area (Å²) in [6.45, 7) is 8.44. The second-order valence-corrected chi connectivity index (χ2v) is 7.14. The summed E-state index contributed by atoms with van der Waals surface area (Å²) in [5.41, 5.74) is -0.263. The Morgan fingerprint density at radius 2 is 1.64 bits per heavy atom. The van der Waals surface area contributed by atoms with Crippen molar-refractivity contribution in [2.24, 2.45) is 0 Å². The van der Waals surface area contributed by atoms with E-state index < -0.39 is 11.7 Å². The van der Waals surface area contributed by atoms with E-state index in [0.717, 1.165) is 64.6 Å². The lowest BCUT2D eigenvalue weighted by atomic mass is 10.1. The van der Waals surface area contributed by atoms with Gasteiger partial charge in [-0.2, -0.15) is 13.2 Å². The van der Waals surface area contributed by atoms with E-state index in [0.29, 0.717) is 18.7 Å². The molecule has 0 aliphatic carbocycles. The van der Waals surface area contributed by atoms with Crippen LogP contribution in [-0.2, 0) is 17.5 Å². The van der Waals surface area contributed by atoms with Gasteiger partial charge in [-0.1, -0.05) is 12.1 Å². The smallest absolute Gasteiger partial charge is 0.379 e. The van der Waals surface area contributed by atoms with Gasteiger partial charge in [0, 0.05) is 58.9 Å². The summed E-state index contributed by atoms with van der Waals surface area (Å²) in [6, 6.07) is 4.81. The molecule has 0 unspecified atom stereocenters. The van der Waals surface area contributed by atoms with Crippen LogP contribution in [0.4, 0.5) is 18.0 Å². The van der Waals surface area contributed by atoms with Gasteiger partial charge < -0.3 is 15.0 Å². The Hall–Kier alpha value is -1.84. The Balaban J connectivity index is 1.38. The molecule has 3 rings (SSSR count). The molecule has 2 fully saturated rings. The number of carbonyl (C=O) groups excluding carboxylic acids is 1. The van der Waals surface area contributed by atoms with E-state index in [9.17, 15) is 18.0 Å². The Bertz CT molecular complexity index is 642. The highest BCUT2D eigenvalue weighted by atomic mass is 19.4. The van der Waals surface area contributed by atoms with Crippen LogP contribution in [0, 0.1) is 0 Å². The molecule has 0 radical (unpaired) electrons. The van der Waals surface area contributed by atoms with Crippen molar-refractivity contribution in [2.45, 2.75) is 12.7 Å². The second-order valence-electron chi connectivity index (χ2n) is 7.14. The minimum atomic E-state index is -4.38. The van der Waals surface area contributed by atoms with Crippen LogP contribution in [0.25, 0.3) is 0 Å². The first-order chi connectivity index (χ1) is 13.4. The fourth-order valence-corrected chi connectivity index (χ4v) is 3.43. The number of nitrogens with one attached hydrogen (secondary N) is 1. The van der Waals surface area contributed by atoms with Gasteiger partial charge in [-0.05, 0) is 17.7 Å². The van der Waals surface area contributed by atoms with Crippen molar-refractivity contribution in [3.63, 3.8) is 0 Å². The van der Waals surface area contributed by atoms with Gasteiger partial charge in [0.15, 0.2) is 0 Å². The second kappa shape index (κ2) is 9.58. The molecule has 2 heterocycles. The van der Waals surface area contributed by atoms with Crippen molar-refractivity contribution >= 4 is 6.03 Å². The number of alkyl halides is 3. The van der Waals surface area contributed by atoms with Crippen molar-refractivity contribution in [1.29, 1.82) is 0 Å². The number of carbonyl (C=O) groups is 1. The van der Waals surface area contributed by atoms with Gasteiger partial charge >= 0.3 is 12.2 Å². The largest absolute Gasteiger partial charge is 0.416 e. The fourth-order valence-electron chi connectivity index (χ4n) is 3.43. The molecule has 1 aromatic carbocycles. The zero-order chi connectivity index (χ0) is 20.0. The Morgan fingerprint density at radius 3 is 2.29 bits per heavy atom. The molecule has 2 saturated heterocycles. The zero-order valence-corrected chi connectivity index (χ0v) is 15.9. The van der Waals surface area contributed by atoms with Crippen LogP contribution in [0.5, 0.6) is 0 Å². The third-order valence-corrected chi connectivity index (χ3v) is 5.19. The average molecular weight is 400 g/mol. The molecule has 6 nitrogen and oxygen atoms in total. The molecule has 9 heteroatoms. The van der Waals surface area contributed by atoms with Gasteiger partial charge in [-0.15, -0.1) is 0 Å². The molecule has 156 valence electrons. The highest BCUT2D eigenvalue weighted by molar-refractivity contribution is 5.74. The van der Waals surface area contributed by atoms with Crippen molar-refractivity contribution in [3.05, 3.63) is 35.4 Å². The van der Waals surface area contributed by atoms with Gasteiger partial charge in [0.1, 0.15) is 0 Å². The van der Waals surface area contributed by atoms with E-state index in [-0.39, 0.29) is 12.6 Å². The summed E-state index contributed by atoms with van der Waals surface area (Å²) < 4.78 is 43.6. The van der Waals surface area contributed by atoms with Gasteiger partial charge in [-0.3, -0.25) is 9.80 Å². The molecule has 2 amide bonds. The van der Waals surface area contributed by atoms with Crippen LogP contribution in [0.1, 0.15) is 11.1 Å². The molecule has 0 bridgehead atoms. The van der Waals surface area contributed by atoms with Gasteiger partial charge in [0.25, 0.3) is 0 Å². The van der Waals surface area contributed by atoms with Crippen molar-refractivity contribution in [3.8, 4) is 0 Å². The van der Waals surface area contributed by atoms with Gasteiger partial charge in [-0.25, -0.2) is 4.79 Å². The number of morpholine rings is 1. The normalized spacial score (nSPS) is 19.6. The monoisotopic (exact) mass is 400 g/mol. The van der Waals surface area contributed by atoms with Crippen LogP contribution in [0.2, 0.25) is 0 Å². The fraction of sp³-hybridized carbons (Fsp3) is 0.632. The van der Waals surface area contributed by atoms with Crippen molar-refractivity contribution in [2.75, 3.05) is 65.6 Å². The van der Waals surface area contributed by atoms with E-state index >= 15 is 0 Å². The maximum atomic E-state index is 12.8. The SMILES string of the molecule is O=C(NCc1cccc(C(F)(F)F)c1)N1CCN(CCN2CCOCC2)CC1. The quantitative estimate of drug-likeness (QED) is 0.820. The van der Waals surface area contributed by atoms with E-state index in [1.165, 1.54) is 6.07 Å². The van der Waals surface area contributed by atoms with Crippen LogP contribution < -0.4 is 5.32 Å². The number of ether oxygens (including phenoxy) is 1. The number of halogens is 3. The minimum absolute atomic E-state index is 0.0833. The summed E-state index contributed by atoms with van der Waals surface area (Å²) in [4.78, 5) is 18.8. The topological polar surface area (TPSA) is 48.1 Å². The van der Waals surface area contributed by atoms with Crippen LogP contribution in [-0.4, -0.2) is 86.3 Å². The molecule has 0 atom stereocenters. The highest BCUT2D eigenvalue weighted by Crippen LogP contribution is 2.29. The summed E-state index contributed by atoms with van der Waals surface area (Å²) in [6.07, 6.45) is -4.38. The number of benzene rings is 1. The van der Waals surface area contributed by atoms with Crippen LogP contribution >= 0.6 is 0 Å². The Morgan fingerprint density at radius 1 is 1.00 bits per heavy atom. The summed E-state index contributed by atoms with van der Waals surface area (Å²) in [5.74, 6) is 0. The first kappa shape index (κ1) is 20.9. The highest BCUT2D eigenvalue weighted by Gasteiger charge is 2.30. The maximum Gasteiger partial charge on any atom is 0.416 e. The summed E-state index contributed by atoms with van der Waals surface area (Å²) in [7, 11) is 0. The lowest BCUT2D eigenvalue weighted by Gasteiger charge is -2.36. The molecule has 2 aliphatic heterocycles. The molecular formula is C19H27F3N4O2. The Kier molecular flexibility index (Phi) is 7.14. The molecule has 0 aromatic heterocycles. The number of rotatable bonds is 5. The number of hydrogen-bond donors (Lipinski definition) is 1.